The minimum Gasteiger partial charge on any atom is -0.461 e. The van der Waals surface area contributed by atoms with Gasteiger partial charge >= 0.3 is 0 Å². The van der Waals surface area contributed by atoms with E-state index in [4.69, 9.17) is 14.0 Å². The standard InChI is InChI=1S/C21H18N2O3/c1-13-3-6-16(7-4-13)21-23-19(14(2)25-21)11-18-10-17-9-15(12-22-24)5-8-20(17)26-18/h3-10,12,24H,11H2,1-2H3/b22-12+. The Morgan fingerprint density at radius 2 is 1.85 bits per heavy atom. The largest absolute Gasteiger partial charge is 0.461 e. The minimum absolute atomic E-state index is 0.555. The molecule has 0 spiro atoms. The summed E-state index contributed by atoms with van der Waals surface area (Å²) < 4.78 is 11.7. The maximum atomic E-state index is 8.66. The first-order valence-electron chi connectivity index (χ1n) is 8.35. The fourth-order valence-electron chi connectivity index (χ4n) is 2.93. The van der Waals surface area contributed by atoms with Gasteiger partial charge in [0.1, 0.15) is 17.1 Å². The zero-order valence-electron chi connectivity index (χ0n) is 14.6. The molecular formula is C21H18N2O3. The van der Waals surface area contributed by atoms with E-state index in [9.17, 15) is 0 Å². The Morgan fingerprint density at radius 3 is 2.62 bits per heavy atom. The second-order valence-corrected chi connectivity index (χ2v) is 6.32. The Bertz CT molecular complexity index is 1090. The SMILES string of the molecule is Cc1ccc(-c2nc(Cc3cc4cc(/C=N/O)ccc4o3)c(C)o2)cc1. The average Bonchev–Trinajstić information content (AvgIpc) is 3.19. The smallest absolute Gasteiger partial charge is 0.226 e. The summed E-state index contributed by atoms with van der Waals surface area (Å²) in [6, 6.07) is 15.7. The number of nitrogens with zero attached hydrogens (tertiary/aromatic N) is 2. The van der Waals surface area contributed by atoms with Gasteiger partial charge in [-0.3, -0.25) is 0 Å². The van der Waals surface area contributed by atoms with Crippen LogP contribution in [0.2, 0.25) is 0 Å². The van der Waals surface area contributed by atoms with E-state index in [1.165, 1.54) is 11.8 Å². The van der Waals surface area contributed by atoms with Crippen LogP contribution in [0.15, 0.2) is 62.5 Å². The normalized spacial score (nSPS) is 11.6. The lowest BCUT2D eigenvalue weighted by Gasteiger charge is -1.95. The van der Waals surface area contributed by atoms with Crippen LogP contribution in [0.3, 0.4) is 0 Å². The molecule has 0 amide bonds. The number of fused-ring (bicyclic) bond motifs is 1. The van der Waals surface area contributed by atoms with Crippen LogP contribution in [0.25, 0.3) is 22.4 Å². The van der Waals surface area contributed by atoms with E-state index in [1.54, 1.807) is 0 Å². The monoisotopic (exact) mass is 346 g/mol. The summed E-state index contributed by atoms with van der Waals surface area (Å²) in [5.41, 5.74) is 4.62. The molecule has 0 atom stereocenters. The second kappa shape index (κ2) is 6.52. The number of hydrogen-bond acceptors (Lipinski definition) is 5. The summed E-state index contributed by atoms with van der Waals surface area (Å²) in [6.45, 7) is 3.97. The van der Waals surface area contributed by atoms with E-state index in [2.05, 4.69) is 17.1 Å². The molecule has 0 saturated heterocycles. The fourth-order valence-corrected chi connectivity index (χ4v) is 2.93. The van der Waals surface area contributed by atoms with Crippen LogP contribution < -0.4 is 0 Å². The van der Waals surface area contributed by atoms with Crippen LogP contribution in [0.4, 0.5) is 0 Å². The van der Waals surface area contributed by atoms with E-state index < -0.39 is 0 Å². The second-order valence-electron chi connectivity index (χ2n) is 6.32. The van der Waals surface area contributed by atoms with Gasteiger partial charge in [-0.25, -0.2) is 4.98 Å². The van der Waals surface area contributed by atoms with Crippen molar-refractivity contribution in [1.82, 2.24) is 4.98 Å². The van der Waals surface area contributed by atoms with Gasteiger partial charge in [0.2, 0.25) is 5.89 Å². The van der Waals surface area contributed by atoms with Gasteiger partial charge in [-0.05, 0) is 55.8 Å². The van der Waals surface area contributed by atoms with Gasteiger partial charge in [0.15, 0.2) is 0 Å². The number of aromatic nitrogens is 1. The summed E-state index contributed by atoms with van der Waals surface area (Å²) >= 11 is 0. The van der Waals surface area contributed by atoms with Crippen LogP contribution in [-0.2, 0) is 6.42 Å². The molecule has 0 saturated carbocycles. The molecule has 1 N–H and O–H groups in total. The van der Waals surface area contributed by atoms with Crippen LogP contribution in [0, 0.1) is 13.8 Å². The van der Waals surface area contributed by atoms with Crippen LogP contribution in [0.5, 0.6) is 0 Å². The molecule has 0 aliphatic heterocycles. The first-order chi connectivity index (χ1) is 12.6. The first kappa shape index (κ1) is 16.1. The predicted molar refractivity (Wildman–Crippen MR) is 99.8 cm³/mol. The zero-order chi connectivity index (χ0) is 18.1. The van der Waals surface area contributed by atoms with Crippen molar-refractivity contribution in [3.8, 4) is 11.5 Å². The number of benzene rings is 2. The third kappa shape index (κ3) is 3.11. The zero-order valence-corrected chi connectivity index (χ0v) is 14.6. The van der Waals surface area contributed by atoms with Crippen LogP contribution >= 0.6 is 0 Å². The predicted octanol–water partition coefficient (Wildman–Crippen LogP) is 5.10. The Balaban J connectivity index is 1.63. The number of oxime groups is 1. The maximum absolute atomic E-state index is 8.66. The van der Waals surface area contributed by atoms with E-state index in [-0.39, 0.29) is 0 Å². The molecule has 4 rings (SSSR count). The number of rotatable bonds is 4. The lowest BCUT2D eigenvalue weighted by molar-refractivity contribution is 0.322. The van der Waals surface area contributed by atoms with Gasteiger partial charge in [0.25, 0.3) is 0 Å². The lowest BCUT2D eigenvalue weighted by Crippen LogP contribution is -1.88. The minimum atomic E-state index is 0.555. The first-order valence-corrected chi connectivity index (χ1v) is 8.35. The highest BCUT2D eigenvalue weighted by Gasteiger charge is 2.14. The van der Waals surface area contributed by atoms with E-state index >= 15 is 0 Å². The molecule has 2 aromatic heterocycles. The number of furan rings is 1. The molecule has 0 fully saturated rings. The Hall–Kier alpha value is -3.34. The molecule has 26 heavy (non-hydrogen) atoms. The van der Waals surface area contributed by atoms with Gasteiger partial charge in [0.05, 0.1) is 18.3 Å². The summed E-state index contributed by atoms with van der Waals surface area (Å²) in [5.74, 6) is 2.22. The summed E-state index contributed by atoms with van der Waals surface area (Å²) in [7, 11) is 0. The van der Waals surface area contributed by atoms with Crippen molar-refractivity contribution in [3.63, 3.8) is 0 Å². The van der Waals surface area contributed by atoms with Gasteiger partial charge in [0, 0.05) is 10.9 Å². The highest BCUT2D eigenvalue weighted by atomic mass is 16.4. The molecule has 5 nitrogen and oxygen atoms in total. The van der Waals surface area contributed by atoms with Crippen molar-refractivity contribution in [1.29, 1.82) is 0 Å². The Morgan fingerprint density at radius 1 is 1.04 bits per heavy atom. The molecule has 2 heterocycles. The van der Waals surface area contributed by atoms with E-state index in [1.807, 2.05) is 55.5 Å². The molecule has 5 heteroatoms. The lowest BCUT2D eigenvalue weighted by atomic mass is 10.1. The molecular weight excluding hydrogens is 328 g/mol. The average molecular weight is 346 g/mol. The molecule has 0 bridgehead atoms. The summed E-state index contributed by atoms with van der Waals surface area (Å²) in [5, 5.41) is 12.7. The molecule has 0 aliphatic rings. The molecule has 2 aromatic carbocycles. The van der Waals surface area contributed by atoms with Crippen molar-refractivity contribution in [2.45, 2.75) is 20.3 Å². The number of hydrogen-bond donors (Lipinski definition) is 1. The third-order valence-electron chi connectivity index (χ3n) is 4.33. The van der Waals surface area contributed by atoms with Gasteiger partial charge in [-0.2, -0.15) is 0 Å². The van der Waals surface area contributed by atoms with Crippen molar-refractivity contribution < 1.29 is 14.0 Å². The van der Waals surface area contributed by atoms with Crippen molar-refractivity contribution in [2.24, 2.45) is 5.16 Å². The fraction of sp³-hybridized carbons (Fsp3) is 0.143. The maximum Gasteiger partial charge on any atom is 0.226 e. The van der Waals surface area contributed by atoms with Gasteiger partial charge < -0.3 is 14.0 Å². The molecule has 4 aromatic rings. The summed E-state index contributed by atoms with van der Waals surface area (Å²) in [4.78, 5) is 4.64. The molecule has 0 unspecified atom stereocenters. The topological polar surface area (TPSA) is 71.8 Å². The highest BCUT2D eigenvalue weighted by Crippen LogP contribution is 2.26. The molecule has 130 valence electrons. The number of oxazole rings is 1. The van der Waals surface area contributed by atoms with Crippen LogP contribution in [0.1, 0.15) is 28.3 Å². The highest BCUT2D eigenvalue weighted by molar-refractivity contribution is 5.88. The van der Waals surface area contributed by atoms with Crippen molar-refractivity contribution >= 4 is 17.2 Å². The van der Waals surface area contributed by atoms with Crippen molar-refractivity contribution in [3.05, 3.63) is 76.9 Å². The van der Waals surface area contributed by atoms with Crippen LogP contribution in [-0.4, -0.2) is 16.4 Å². The van der Waals surface area contributed by atoms with Gasteiger partial charge in [-0.15, -0.1) is 0 Å². The van der Waals surface area contributed by atoms with E-state index in [0.717, 1.165) is 39.3 Å². The Kier molecular flexibility index (Phi) is 4.05. The molecule has 0 aliphatic carbocycles. The third-order valence-corrected chi connectivity index (χ3v) is 4.33. The van der Waals surface area contributed by atoms with Crippen molar-refractivity contribution in [2.75, 3.05) is 0 Å². The van der Waals surface area contributed by atoms with E-state index in [0.29, 0.717) is 12.3 Å². The molecule has 0 radical (unpaired) electrons. The quantitative estimate of drug-likeness (QED) is 0.317. The number of aryl methyl sites for hydroxylation is 2. The van der Waals surface area contributed by atoms with Gasteiger partial charge in [-0.1, -0.05) is 22.9 Å². The Labute approximate surface area is 150 Å². The summed E-state index contributed by atoms with van der Waals surface area (Å²) in [6.07, 6.45) is 1.95.